The highest BCUT2D eigenvalue weighted by Gasteiger charge is 2.42. The maximum absolute atomic E-state index is 12.5. The van der Waals surface area contributed by atoms with Crippen LogP contribution in [-0.4, -0.2) is 38.5 Å². The van der Waals surface area contributed by atoms with Gasteiger partial charge in [-0.1, -0.05) is 5.16 Å². The lowest BCUT2D eigenvalue weighted by Gasteiger charge is -2.18. The van der Waals surface area contributed by atoms with Gasteiger partial charge in [0.2, 0.25) is 0 Å². The van der Waals surface area contributed by atoms with E-state index in [0.29, 0.717) is 5.82 Å². The Morgan fingerprint density at radius 2 is 2.33 bits per heavy atom. The van der Waals surface area contributed by atoms with E-state index >= 15 is 0 Å². The molecule has 1 rings (SSSR count). The van der Waals surface area contributed by atoms with Crippen LogP contribution in [0.15, 0.2) is 11.5 Å². The zero-order valence-electron chi connectivity index (χ0n) is 9.52. The second kappa shape index (κ2) is 5.67. The Bertz CT molecular complexity index is 415. The van der Waals surface area contributed by atoms with Gasteiger partial charge in [0.25, 0.3) is 0 Å². The van der Waals surface area contributed by atoms with E-state index in [9.17, 15) is 13.2 Å². The van der Waals surface area contributed by atoms with Crippen LogP contribution in [0.3, 0.4) is 0 Å². The number of hydrogen-bond acceptors (Lipinski definition) is 5. The average Bonchev–Trinajstić information content (AvgIpc) is 2.68. The van der Waals surface area contributed by atoms with Gasteiger partial charge in [0.05, 0.1) is 6.54 Å². The van der Waals surface area contributed by atoms with Crippen molar-refractivity contribution < 1.29 is 18.4 Å². The predicted octanol–water partition coefficient (Wildman–Crippen LogP) is -0.170. The Labute approximate surface area is 100 Å². The van der Waals surface area contributed by atoms with E-state index in [1.54, 1.807) is 7.05 Å². The summed E-state index contributed by atoms with van der Waals surface area (Å²) in [6.07, 6.45) is -3.15. The molecular weight excluding hydrogens is 253 g/mol. The van der Waals surface area contributed by atoms with Gasteiger partial charge in [-0.05, 0) is 0 Å². The van der Waals surface area contributed by atoms with Gasteiger partial charge in [-0.2, -0.15) is 18.3 Å². The normalized spacial score (nSPS) is 14.8. The van der Waals surface area contributed by atoms with E-state index in [4.69, 9.17) is 10.9 Å². The van der Waals surface area contributed by atoms with E-state index < -0.39 is 24.5 Å². The minimum atomic E-state index is -4.58. The molecule has 0 fully saturated rings. The second-order valence-electron chi connectivity index (χ2n) is 3.58. The molecule has 1 aromatic heterocycles. The highest BCUT2D eigenvalue weighted by atomic mass is 19.4. The van der Waals surface area contributed by atoms with E-state index in [1.165, 1.54) is 11.0 Å². The maximum Gasteiger partial charge on any atom is 0.400 e. The fourth-order valence-corrected chi connectivity index (χ4v) is 1.25. The zero-order valence-corrected chi connectivity index (χ0v) is 9.52. The Balaban J connectivity index is 2.53. The molecule has 0 aliphatic rings. The summed E-state index contributed by atoms with van der Waals surface area (Å²) in [7, 11) is 1.64. The van der Waals surface area contributed by atoms with E-state index in [1.807, 2.05) is 0 Å². The Morgan fingerprint density at radius 1 is 1.67 bits per heavy atom. The number of aryl methyl sites for hydroxylation is 1. The number of aromatic nitrogens is 3. The average molecular weight is 266 g/mol. The summed E-state index contributed by atoms with van der Waals surface area (Å²) >= 11 is 0. The molecule has 7 nitrogen and oxygen atoms in total. The molecule has 0 aromatic carbocycles. The summed E-state index contributed by atoms with van der Waals surface area (Å²) in [5.74, 6) is -2.58. The maximum atomic E-state index is 12.5. The summed E-state index contributed by atoms with van der Waals surface area (Å²) in [5.41, 5.74) is 4.99. The Kier molecular flexibility index (Phi) is 4.48. The molecule has 1 unspecified atom stereocenters. The molecule has 0 aliphatic heterocycles. The van der Waals surface area contributed by atoms with Gasteiger partial charge in [-0.25, -0.2) is 4.98 Å². The molecule has 102 valence electrons. The lowest BCUT2D eigenvalue weighted by molar-refractivity contribution is -0.155. The second-order valence-corrected chi connectivity index (χ2v) is 3.58. The Hall–Kier alpha value is -1.84. The van der Waals surface area contributed by atoms with Crippen LogP contribution < -0.4 is 11.1 Å². The number of alkyl halides is 3. The molecule has 0 radical (unpaired) electrons. The molecule has 0 spiro atoms. The molecule has 10 heteroatoms. The number of halogens is 3. The Morgan fingerprint density at radius 3 is 2.78 bits per heavy atom. The number of hydrogen-bond donors (Lipinski definition) is 3. The molecule has 1 aromatic rings. The predicted molar refractivity (Wildman–Crippen MR) is 55.7 cm³/mol. The van der Waals surface area contributed by atoms with Gasteiger partial charge in [0.15, 0.2) is 11.7 Å². The molecule has 1 heterocycles. The summed E-state index contributed by atoms with van der Waals surface area (Å²) in [4.78, 5) is 3.84. The fourth-order valence-electron chi connectivity index (χ4n) is 1.25. The zero-order chi connectivity index (χ0) is 13.8. The molecular formula is C8H13F3N6O. The molecule has 0 bridgehead atoms. The van der Waals surface area contributed by atoms with Gasteiger partial charge < -0.3 is 16.3 Å². The highest BCUT2D eigenvalue weighted by Crippen LogP contribution is 2.25. The summed E-state index contributed by atoms with van der Waals surface area (Å²) in [5, 5.41) is 17.1. The van der Waals surface area contributed by atoms with Crippen molar-refractivity contribution in [3.8, 4) is 0 Å². The first-order valence-electron chi connectivity index (χ1n) is 4.94. The number of rotatable bonds is 5. The largest absolute Gasteiger partial charge is 0.409 e. The van der Waals surface area contributed by atoms with Crippen molar-refractivity contribution in [3.63, 3.8) is 0 Å². The monoisotopic (exact) mass is 266 g/mol. The number of nitrogens with two attached hydrogens (primary N) is 1. The first kappa shape index (κ1) is 14.2. The van der Waals surface area contributed by atoms with Crippen LogP contribution >= 0.6 is 0 Å². The van der Waals surface area contributed by atoms with Crippen molar-refractivity contribution in [2.24, 2.45) is 23.9 Å². The molecule has 1 atom stereocenters. The van der Waals surface area contributed by atoms with Gasteiger partial charge in [-0.15, -0.1) is 0 Å². The van der Waals surface area contributed by atoms with Crippen LogP contribution in [0.1, 0.15) is 5.82 Å². The first-order chi connectivity index (χ1) is 8.34. The fraction of sp³-hybridized carbons (Fsp3) is 0.625. The topological polar surface area (TPSA) is 101 Å². The molecule has 4 N–H and O–H groups in total. The van der Waals surface area contributed by atoms with E-state index in [-0.39, 0.29) is 6.54 Å². The molecule has 0 saturated carbocycles. The third kappa shape index (κ3) is 3.87. The number of nitrogens with zero attached hydrogens (tertiary/aromatic N) is 4. The van der Waals surface area contributed by atoms with Gasteiger partial charge in [0.1, 0.15) is 12.2 Å². The number of nitrogens with one attached hydrogen (secondary N) is 1. The van der Waals surface area contributed by atoms with Crippen LogP contribution in [0, 0.1) is 5.92 Å². The van der Waals surface area contributed by atoms with Crippen molar-refractivity contribution >= 4 is 5.84 Å². The number of amidine groups is 1. The molecule has 0 amide bonds. The lowest BCUT2D eigenvalue weighted by atomic mass is 10.1. The standard InChI is InChI=1S/C8H13F3N6O/c1-17-4-14-6(15-17)3-13-2-5(7(12)16-18)8(9,10)11/h4-5,13,18H,2-3H2,1H3,(H2,12,16). The van der Waals surface area contributed by atoms with Crippen LogP contribution in [-0.2, 0) is 13.6 Å². The third-order valence-electron chi connectivity index (χ3n) is 2.15. The smallest absolute Gasteiger partial charge is 0.400 e. The lowest BCUT2D eigenvalue weighted by Crippen LogP contribution is -2.42. The van der Waals surface area contributed by atoms with Gasteiger partial charge >= 0.3 is 6.18 Å². The SMILES string of the molecule is Cn1cnc(CNCC(C(N)=NO)C(F)(F)F)n1. The van der Waals surface area contributed by atoms with Crippen LogP contribution in [0.5, 0.6) is 0 Å². The van der Waals surface area contributed by atoms with E-state index in [0.717, 1.165) is 0 Å². The van der Waals surface area contributed by atoms with Crippen LogP contribution in [0.25, 0.3) is 0 Å². The summed E-state index contributed by atoms with van der Waals surface area (Å²) in [6.45, 7) is -0.455. The quantitative estimate of drug-likeness (QED) is 0.297. The summed E-state index contributed by atoms with van der Waals surface area (Å²) in [6, 6.07) is 0. The van der Waals surface area contributed by atoms with Gasteiger partial charge in [-0.3, -0.25) is 4.68 Å². The summed E-state index contributed by atoms with van der Waals surface area (Å²) < 4.78 is 39.1. The van der Waals surface area contributed by atoms with Crippen LogP contribution in [0.2, 0.25) is 0 Å². The van der Waals surface area contributed by atoms with Crippen molar-refractivity contribution in [1.29, 1.82) is 0 Å². The van der Waals surface area contributed by atoms with E-state index in [2.05, 4.69) is 20.6 Å². The minimum absolute atomic E-state index is 0.0616. The molecule has 0 aliphatic carbocycles. The van der Waals surface area contributed by atoms with Crippen molar-refractivity contribution in [1.82, 2.24) is 20.1 Å². The van der Waals surface area contributed by atoms with Crippen LogP contribution in [0.4, 0.5) is 13.2 Å². The number of oxime groups is 1. The third-order valence-corrected chi connectivity index (χ3v) is 2.15. The minimum Gasteiger partial charge on any atom is -0.409 e. The van der Waals surface area contributed by atoms with Crippen molar-refractivity contribution in [2.45, 2.75) is 12.7 Å². The molecule has 18 heavy (non-hydrogen) atoms. The van der Waals surface area contributed by atoms with Crippen molar-refractivity contribution in [3.05, 3.63) is 12.2 Å². The molecule has 0 saturated heterocycles. The first-order valence-corrected chi connectivity index (χ1v) is 4.94. The van der Waals surface area contributed by atoms with Crippen molar-refractivity contribution in [2.75, 3.05) is 6.54 Å². The highest BCUT2D eigenvalue weighted by molar-refractivity contribution is 5.83. The van der Waals surface area contributed by atoms with Gasteiger partial charge in [0, 0.05) is 13.6 Å².